The standard InChI is InChI=1S/C81H134N14O20S/c82-31-9-6-19-64(69(98)23-14-36-109-38-40-111-42-44-113-46-48-115-50-49-114-47-45-112-43-41-110-39-37-108-35-13-18-61(96)17-4-5-24-73-76-68(56-116-73)94-81(107)95-76)91-78(105)60(52-58-25-27-62(97)28-26-58)53-71(100)66(20-7-10-32-83)90-75(103)30-29-70(99)65(22-12-34-89-80(87)88)92-77(104)59(51-57-15-2-1-3-16-57)54-72(101)67(21-8-11-33-84)93-79(106)63(85)55-74(86)102/h1-3,15-16,25-28,59-60,63-68,73,76,97H,4-14,17-24,29-56,82-85H2,(H2,86,102)(H,90,103)(H,91,105)(H,92,104)(H,93,106)(H4,87,88,89)(H2,94,95,107)/t59-,60-,63+,64+,65+,66+,67+,68+,73+,76+/m1/s1. The number of aliphatic imine (C=N–C) groups is 1. The minimum Gasteiger partial charge on any atom is -0.508 e. The van der Waals surface area contributed by atoms with Crippen LogP contribution in [0, 0.1) is 11.8 Å². The number of rotatable bonds is 74. The van der Waals surface area contributed by atoms with Crippen molar-refractivity contribution in [1.82, 2.24) is 31.9 Å². The van der Waals surface area contributed by atoms with Crippen LogP contribution in [0.15, 0.2) is 59.6 Å². The number of nitrogens with two attached hydrogens (primary N) is 7. The number of guanidine groups is 1. The molecule has 10 atom stereocenters. The van der Waals surface area contributed by atoms with Gasteiger partial charge < -0.3 is 115 Å². The van der Waals surface area contributed by atoms with E-state index in [1.54, 1.807) is 42.5 Å². The third-order valence-corrected chi connectivity index (χ3v) is 21.1. The second-order valence-electron chi connectivity index (χ2n) is 29.1. The van der Waals surface area contributed by atoms with Gasteiger partial charge in [0, 0.05) is 87.5 Å². The molecule has 2 aromatic rings. The Morgan fingerprint density at radius 3 is 1.35 bits per heavy atom. The number of ketones is 5. The van der Waals surface area contributed by atoms with Crippen LogP contribution in [0.2, 0.25) is 0 Å². The van der Waals surface area contributed by atoms with Crippen molar-refractivity contribution < 1.29 is 95.7 Å². The zero-order valence-electron chi connectivity index (χ0n) is 67.8. The SMILES string of the molecule is NCCCC[C@H](NC(=O)CCC(=O)[C@H](CCCN=C(N)N)NC(=O)[C@@H](CC(=O)[C@H](CCCCN)NC(=O)[C@@H](N)CC(N)=O)Cc1ccccc1)C(=O)C[C@@H](Cc1ccc(O)cc1)C(=O)N[C@@H](CCCCN)C(=O)CCCOCCOCCOCCOCCOCCOCCOCCOCCCC(=O)CCCC[C@@H]1SC[C@@H]2NC(=O)N[C@@H]21. The van der Waals surface area contributed by atoms with Crippen LogP contribution in [0.5, 0.6) is 5.75 Å². The number of urea groups is 1. The number of hydrogen-bond acceptors (Lipinski definition) is 26. The lowest BCUT2D eigenvalue weighted by Gasteiger charge is -2.25. The van der Waals surface area contributed by atoms with Gasteiger partial charge in [-0.1, -0.05) is 48.9 Å². The smallest absolute Gasteiger partial charge is 0.315 e. The van der Waals surface area contributed by atoms with Crippen molar-refractivity contribution in [3.05, 3.63) is 65.7 Å². The van der Waals surface area contributed by atoms with E-state index in [0.717, 1.165) is 25.0 Å². The van der Waals surface area contributed by atoms with Gasteiger partial charge in [0.25, 0.3) is 0 Å². The third kappa shape index (κ3) is 45.9. The molecule has 2 saturated heterocycles. The molecule has 0 unspecified atom stereocenters. The van der Waals surface area contributed by atoms with Crippen molar-refractivity contribution in [1.29, 1.82) is 0 Å². The first kappa shape index (κ1) is 101. The van der Waals surface area contributed by atoms with Crippen LogP contribution in [0.3, 0.4) is 0 Å². The number of fused-ring (bicyclic) bond motifs is 1. The monoisotopic (exact) mass is 1650 g/mol. The number of carbonyl (C=O) groups is 11. The lowest BCUT2D eigenvalue weighted by atomic mass is 9.89. The number of aromatic hydroxyl groups is 1. The number of phenols is 1. The molecular formula is C81H134N14O20S. The Morgan fingerprint density at radius 1 is 0.457 bits per heavy atom. The van der Waals surface area contributed by atoms with Gasteiger partial charge in [0.1, 0.15) is 11.5 Å². The summed E-state index contributed by atoms with van der Waals surface area (Å²) < 4.78 is 44.9. The highest BCUT2D eigenvalue weighted by atomic mass is 32.2. The minimum absolute atomic E-state index is 0.0156. The Morgan fingerprint density at radius 2 is 0.879 bits per heavy atom. The van der Waals surface area contributed by atoms with E-state index >= 15 is 0 Å². The molecule has 0 bridgehead atoms. The number of nitrogens with zero attached hydrogens (tertiary/aromatic N) is 1. The van der Waals surface area contributed by atoms with E-state index < -0.39 is 108 Å². The lowest BCUT2D eigenvalue weighted by Crippen LogP contribution is -2.50. The fraction of sp³-hybridized carbons (Fsp3) is 0.704. The topological polar surface area (TPSA) is 549 Å². The quantitative estimate of drug-likeness (QED) is 0.0194. The number of phenolic OH excluding ortho intramolecular Hbond substituents is 1. The van der Waals surface area contributed by atoms with Crippen LogP contribution in [0.25, 0.3) is 0 Å². The highest BCUT2D eigenvalue weighted by molar-refractivity contribution is 8.00. The molecule has 0 radical (unpaired) electrons. The second kappa shape index (κ2) is 62.5. The fourth-order valence-corrected chi connectivity index (χ4v) is 14.7. The van der Waals surface area contributed by atoms with E-state index in [0.29, 0.717) is 186 Å². The van der Waals surface area contributed by atoms with Crippen LogP contribution in [0.1, 0.15) is 165 Å². The van der Waals surface area contributed by atoms with Gasteiger partial charge in [-0.25, -0.2) is 4.79 Å². The molecule has 2 aliphatic rings. The Bertz CT molecular complexity index is 3200. The van der Waals surface area contributed by atoms with Gasteiger partial charge in [0.2, 0.25) is 29.5 Å². The molecule has 0 spiro atoms. The molecule has 116 heavy (non-hydrogen) atoms. The van der Waals surface area contributed by atoms with E-state index in [-0.39, 0.29) is 132 Å². The van der Waals surface area contributed by atoms with Gasteiger partial charge in [-0.2, -0.15) is 11.8 Å². The second-order valence-corrected chi connectivity index (χ2v) is 30.4. The van der Waals surface area contributed by atoms with Crippen molar-refractivity contribution in [3.8, 4) is 5.75 Å². The van der Waals surface area contributed by atoms with E-state index in [1.807, 2.05) is 11.8 Å². The van der Waals surface area contributed by atoms with Gasteiger partial charge >= 0.3 is 6.03 Å². The largest absolute Gasteiger partial charge is 0.508 e. The number of unbranched alkanes of at least 4 members (excludes halogenated alkanes) is 4. The van der Waals surface area contributed by atoms with Crippen molar-refractivity contribution in [2.75, 3.05) is 138 Å². The molecule has 0 saturated carbocycles. The van der Waals surface area contributed by atoms with Crippen LogP contribution in [0.4, 0.5) is 4.79 Å². The number of benzene rings is 2. The number of nitrogens with one attached hydrogen (secondary N) is 6. The van der Waals surface area contributed by atoms with Crippen LogP contribution >= 0.6 is 11.8 Å². The molecule has 2 heterocycles. The average Bonchev–Trinajstić information content (AvgIpc) is 1.66. The van der Waals surface area contributed by atoms with Crippen molar-refractivity contribution >= 4 is 82.2 Å². The van der Waals surface area contributed by atoms with Gasteiger partial charge in [-0.05, 0) is 152 Å². The van der Waals surface area contributed by atoms with Crippen LogP contribution in [-0.4, -0.2) is 261 Å². The minimum atomic E-state index is -1.33. The number of Topliss-reactive ketones (excluding diaryl/α,β-unsaturated/α-hetero) is 5. The highest BCUT2D eigenvalue weighted by Gasteiger charge is 2.43. The van der Waals surface area contributed by atoms with E-state index in [4.69, 9.17) is 78.0 Å². The number of primary amides is 1. The van der Waals surface area contributed by atoms with Gasteiger partial charge in [-0.3, -0.25) is 52.9 Å². The van der Waals surface area contributed by atoms with Crippen molar-refractivity contribution in [3.63, 3.8) is 0 Å². The molecule has 7 amide bonds. The van der Waals surface area contributed by atoms with Crippen molar-refractivity contribution in [2.45, 2.75) is 214 Å². The predicted molar refractivity (Wildman–Crippen MR) is 440 cm³/mol. The summed E-state index contributed by atoms with van der Waals surface area (Å²) in [6, 6.07) is 9.68. The first-order valence-electron chi connectivity index (χ1n) is 41.3. The summed E-state index contributed by atoms with van der Waals surface area (Å²) in [7, 11) is 0. The summed E-state index contributed by atoms with van der Waals surface area (Å²) >= 11 is 1.90. The molecule has 21 N–H and O–H groups in total. The summed E-state index contributed by atoms with van der Waals surface area (Å²) in [5, 5.41) is 27.7. The third-order valence-electron chi connectivity index (χ3n) is 19.6. The summed E-state index contributed by atoms with van der Waals surface area (Å²) in [4.78, 5) is 153. The highest BCUT2D eigenvalue weighted by Crippen LogP contribution is 2.33. The van der Waals surface area contributed by atoms with E-state index in [2.05, 4.69) is 36.9 Å². The molecule has 0 aromatic heterocycles. The normalized spacial score (nSPS) is 16.1. The average molecular weight is 1660 g/mol. The summed E-state index contributed by atoms with van der Waals surface area (Å²) in [5.74, 6) is -6.41. The van der Waals surface area contributed by atoms with E-state index in [1.165, 1.54) is 12.1 Å². The molecule has 2 aliphatic heterocycles. The Labute approximate surface area is 687 Å². The van der Waals surface area contributed by atoms with Gasteiger partial charge in [-0.15, -0.1) is 0 Å². The number of ether oxygens (including phenoxy) is 8. The molecule has 4 rings (SSSR count). The zero-order chi connectivity index (χ0) is 84.3. The molecule has 2 aromatic carbocycles. The molecule has 35 heteroatoms. The maximum Gasteiger partial charge on any atom is 0.315 e. The van der Waals surface area contributed by atoms with E-state index in [9.17, 15) is 57.8 Å². The molecule has 34 nitrogen and oxygen atoms in total. The molecular weight excluding hydrogens is 1520 g/mol. The van der Waals surface area contributed by atoms with Crippen LogP contribution < -0.4 is 72.0 Å². The number of thioether (sulfide) groups is 1. The Kier molecular flexibility index (Phi) is 54.3. The number of carbonyl (C=O) groups excluding carboxylic acids is 11. The molecule has 0 aliphatic carbocycles. The summed E-state index contributed by atoms with van der Waals surface area (Å²) in [5.41, 5.74) is 41.1. The van der Waals surface area contributed by atoms with Gasteiger partial charge in [0.05, 0.1) is 141 Å². The summed E-state index contributed by atoms with van der Waals surface area (Å²) in [6.07, 6.45) is 6.93. The van der Waals surface area contributed by atoms with Gasteiger partial charge in [0.15, 0.2) is 29.1 Å². The Balaban J connectivity index is 1.17. The molecule has 654 valence electrons. The maximum absolute atomic E-state index is 14.6. The molecule has 2 fully saturated rings. The summed E-state index contributed by atoms with van der Waals surface area (Å²) in [6.45, 7) is 7.23. The predicted octanol–water partition coefficient (Wildman–Crippen LogP) is 1.82. The lowest BCUT2D eigenvalue weighted by molar-refractivity contribution is -0.134. The first-order chi connectivity index (χ1) is 56.1. The van der Waals surface area contributed by atoms with Crippen LogP contribution in [-0.2, 0) is 98.7 Å². The Hall–Kier alpha value is -7.65. The van der Waals surface area contributed by atoms with Crippen molar-refractivity contribution in [2.24, 2.45) is 57.0 Å². The number of hydrogen-bond donors (Lipinski definition) is 14. The first-order valence-corrected chi connectivity index (χ1v) is 42.3. The fourth-order valence-electron chi connectivity index (χ4n) is 13.2. The maximum atomic E-state index is 14.6. The zero-order valence-corrected chi connectivity index (χ0v) is 68.6. The number of amides is 7.